The summed E-state index contributed by atoms with van der Waals surface area (Å²) in [7, 11) is 0. The maximum Gasteiger partial charge on any atom is 0.255 e. The van der Waals surface area contributed by atoms with Crippen molar-refractivity contribution in [1.82, 2.24) is 10.3 Å². The lowest BCUT2D eigenvalue weighted by atomic mass is 10.2. The fraction of sp³-hybridized carbons (Fsp3) is 0.278. The number of morpholine rings is 1. The van der Waals surface area contributed by atoms with E-state index >= 15 is 0 Å². The maximum atomic E-state index is 13.6. The van der Waals surface area contributed by atoms with E-state index in [0.29, 0.717) is 38.2 Å². The molecule has 7 nitrogen and oxygen atoms in total. The lowest BCUT2D eigenvalue weighted by Crippen LogP contribution is -2.39. The molecule has 2 N–H and O–H groups in total. The zero-order chi connectivity index (χ0) is 20.1. The molecule has 1 aliphatic rings. The first-order valence-corrected chi connectivity index (χ1v) is 8.46. The van der Waals surface area contributed by atoms with Crippen molar-refractivity contribution in [2.75, 3.05) is 43.1 Å². The zero-order valence-corrected chi connectivity index (χ0v) is 14.7. The number of anilines is 2. The Bertz CT molecular complexity index is 888. The van der Waals surface area contributed by atoms with Gasteiger partial charge in [-0.3, -0.25) is 9.59 Å². The number of nitrogens with one attached hydrogen (secondary N) is 2. The Hall–Kier alpha value is -3.14. The van der Waals surface area contributed by atoms with Gasteiger partial charge in [0.05, 0.1) is 31.0 Å². The van der Waals surface area contributed by atoms with E-state index in [2.05, 4.69) is 15.6 Å². The molecule has 2 heterocycles. The summed E-state index contributed by atoms with van der Waals surface area (Å²) in [6.07, 6.45) is 1.56. The second-order valence-electron chi connectivity index (χ2n) is 5.93. The molecule has 1 aromatic heterocycles. The molecule has 10 heteroatoms. The van der Waals surface area contributed by atoms with E-state index in [9.17, 15) is 22.8 Å². The number of hydrogen-bond donors (Lipinski definition) is 2. The molecule has 2 amide bonds. The molecule has 0 aliphatic carbocycles. The highest BCUT2D eigenvalue weighted by Gasteiger charge is 2.21. The van der Waals surface area contributed by atoms with Crippen LogP contribution in [0.4, 0.5) is 24.7 Å². The van der Waals surface area contributed by atoms with Gasteiger partial charge in [0.15, 0.2) is 17.5 Å². The highest BCUT2D eigenvalue weighted by atomic mass is 19.2. The lowest BCUT2D eigenvalue weighted by molar-refractivity contribution is -0.115. The number of carbonyl (C=O) groups is 2. The van der Waals surface area contributed by atoms with Gasteiger partial charge < -0.3 is 20.3 Å². The number of halogens is 3. The predicted octanol–water partition coefficient (Wildman–Crippen LogP) is 1.70. The standard InChI is InChI=1S/C18H17F3N4O3/c19-12-3-4-13(16(21)15(12)20)24-14(26)10-23-18(27)11-2-1-5-22-17(11)25-6-8-28-9-7-25/h1-5H,6-10H2,(H,23,27)(H,24,26). The third-order valence-corrected chi connectivity index (χ3v) is 4.06. The summed E-state index contributed by atoms with van der Waals surface area (Å²) in [6, 6.07) is 4.75. The van der Waals surface area contributed by atoms with Crippen molar-refractivity contribution in [1.29, 1.82) is 0 Å². The van der Waals surface area contributed by atoms with Crippen LogP contribution in [0, 0.1) is 17.5 Å². The van der Waals surface area contributed by atoms with Gasteiger partial charge in [0, 0.05) is 19.3 Å². The SMILES string of the molecule is O=C(CNC(=O)c1cccnc1N1CCOCC1)Nc1ccc(F)c(F)c1F. The Kier molecular flexibility index (Phi) is 6.09. The van der Waals surface area contributed by atoms with Crippen molar-refractivity contribution in [2.24, 2.45) is 0 Å². The van der Waals surface area contributed by atoms with E-state index in [-0.39, 0.29) is 5.56 Å². The minimum Gasteiger partial charge on any atom is -0.378 e. The van der Waals surface area contributed by atoms with Gasteiger partial charge in [-0.25, -0.2) is 18.2 Å². The molecule has 148 valence electrons. The van der Waals surface area contributed by atoms with Crippen LogP contribution >= 0.6 is 0 Å². The molecule has 1 aromatic carbocycles. The second-order valence-corrected chi connectivity index (χ2v) is 5.93. The summed E-state index contributed by atoms with van der Waals surface area (Å²) in [5.41, 5.74) is -0.246. The molecule has 28 heavy (non-hydrogen) atoms. The summed E-state index contributed by atoms with van der Waals surface area (Å²) in [4.78, 5) is 30.5. The molecule has 0 unspecified atom stereocenters. The van der Waals surface area contributed by atoms with Crippen molar-refractivity contribution in [2.45, 2.75) is 0 Å². The van der Waals surface area contributed by atoms with Crippen LogP contribution in [0.1, 0.15) is 10.4 Å². The first kappa shape index (κ1) is 19.6. The van der Waals surface area contributed by atoms with Gasteiger partial charge in [-0.1, -0.05) is 0 Å². The quantitative estimate of drug-likeness (QED) is 0.755. The third kappa shape index (κ3) is 4.39. The van der Waals surface area contributed by atoms with Gasteiger partial charge in [0.2, 0.25) is 5.91 Å². The summed E-state index contributed by atoms with van der Waals surface area (Å²) in [5, 5.41) is 4.49. The topological polar surface area (TPSA) is 83.6 Å². The number of benzene rings is 1. The van der Waals surface area contributed by atoms with E-state index in [1.165, 1.54) is 0 Å². The number of rotatable bonds is 5. The Morgan fingerprint density at radius 2 is 1.86 bits per heavy atom. The molecule has 1 fully saturated rings. The summed E-state index contributed by atoms with van der Waals surface area (Å²) in [6.45, 7) is 1.69. The molecular formula is C18H17F3N4O3. The van der Waals surface area contributed by atoms with Crippen LogP contribution in [-0.4, -0.2) is 49.6 Å². The Balaban J connectivity index is 1.63. The van der Waals surface area contributed by atoms with Crippen LogP contribution in [0.3, 0.4) is 0 Å². The smallest absolute Gasteiger partial charge is 0.255 e. The Labute approximate surface area is 158 Å². The van der Waals surface area contributed by atoms with E-state index in [0.717, 1.165) is 6.07 Å². The molecule has 2 aromatic rings. The van der Waals surface area contributed by atoms with Crippen molar-refractivity contribution < 1.29 is 27.5 Å². The van der Waals surface area contributed by atoms with Gasteiger partial charge in [-0.15, -0.1) is 0 Å². The van der Waals surface area contributed by atoms with Gasteiger partial charge in [-0.2, -0.15) is 0 Å². The number of nitrogens with zero attached hydrogens (tertiary/aromatic N) is 2. The number of hydrogen-bond acceptors (Lipinski definition) is 5. The minimum atomic E-state index is -1.69. The van der Waals surface area contributed by atoms with Crippen LogP contribution in [0.15, 0.2) is 30.5 Å². The van der Waals surface area contributed by atoms with Gasteiger partial charge in [-0.05, 0) is 24.3 Å². The summed E-state index contributed by atoms with van der Waals surface area (Å²) < 4.78 is 45.0. The van der Waals surface area contributed by atoms with Gasteiger partial charge in [0.1, 0.15) is 5.82 Å². The minimum absolute atomic E-state index is 0.274. The maximum absolute atomic E-state index is 13.6. The number of amides is 2. The second kappa shape index (κ2) is 8.70. The highest BCUT2D eigenvalue weighted by molar-refractivity contribution is 6.02. The van der Waals surface area contributed by atoms with Gasteiger partial charge in [0.25, 0.3) is 5.91 Å². The number of carbonyl (C=O) groups excluding carboxylic acids is 2. The summed E-state index contributed by atoms with van der Waals surface area (Å²) in [5.74, 6) is -5.44. The van der Waals surface area contributed by atoms with Crippen molar-refractivity contribution >= 4 is 23.3 Å². The monoisotopic (exact) mass is 394 g/mol. The van der Waals surface area contributed by atoms with Crippen LogP contribution in [0.25, 0.3) is 0 Å². The van der Waals surface area contributed by atoms with E-state index in [1.54, 1.807) is 18.3 Å². The average molecular weight is 394 g/mol. The highest BCUT2D eigenvalue weighted by Crippen LogP contribution is 2.20. The van der Waals surface area contributed by atoms with E-state index < -0.39 is 41.5 Å². The lowest BCUT2D eigenvalue weighted by Gasteiger charge is -2.29. The third-order valence-electron chi connectivity index (χ3n) is 4.06. The van der Waals surface area contributed by atoms with Crippen LogP contribution in [0.5, 0.6) is 0 Å². The van der Waals surface area contributed by atoms with Crippen molar-refractivity contribution in [3.05, 3.63) is 53.5 Å². The fourth-order valence-electron chi connectivity index (χ4n) is 2.67. The predicted molar refractivity (Wildman–Crippen MR) is 94.5 cm³/mol. The number of pyridine rings is 1. The first-order chi connectivity index (χ1) is 13.5. The zero-order valence-electron chi connectivity index (χ0n) is 14.7. The fourth-order valence-corrected chi connectivity index (χ4v) is 2.67. The largest absolute Gasteiger partial charge is 0.378 e. The molecular weight excluding hydrogens is 377 g/mol. The first-order valence-electron chi connectivity index (χ1n) is 8.46. The molecule has 1 saturated heterocycles. The van der Waals surface area contributed by atoms with Crippen LogP contribution in [0.2, 0.25) is 0 Å². The van der Waals surface area contributed by atoms with E-state index in [4.69, 9.17) is 4.74 Å². The van der Waals surface area contributed by atoms with E-state index in [1.807, 2.05) is 4.90 Å². The molecule has 0 radical (unpaired) electrons. The van der Waals surface area contributed by atoms with Crippen molar-refractivity contribution in [3.8, 4) is 0 Å². The Morgan fingerprint density at radius 1 is 1.11 bits per heavy atom. The molecule has 3 rings (SSSR count). The molecule has 0 atom stereocenters. The molecule has 0 saturated carbocycles. The van der Waals surface area contributed by atoms with Gasteiger partial charge >= 0.3 is 0 Å². The Morgan fingerprint density at radius 3 is 2.61 bits per heavy atom. The molecule has 0 bridgehead atoms. The molecule has 1 aliphatic heterocycles. The summed E-state index contributed by atoms with van der Waals surface area (Å²) >= 11 is 0. The number of ether oxygens (including phenoxy) is 1. The molecule has 0 spiro atoms. The van der Waals surface area contributed by atoms with Crippen molar-refractivity contribution in [3.63, 3.8) is 0 Å². The average Bonchev–Trinajstić information content (AvgIpc) is 2.73. The van der Waals surface area contributed by atoms with Crippen LogP contribution in [-0.2, 0) is 9.53 Å². The number of aromatic nitrogens is 1. The van der Waals surface area contributed by atoms with Crippen LogP contribution < -0.4 is 15.5 Å². The normalized spacial score (nSPS) is 13.9.